The van der Waals surface area contributed by atoms with Crippen molar-refractivity contribution < 1.29 is 4.42 Å². The second-order valence-corrected chi connectivity index (χ2v) is 5.63. The van der Waals surface area contributed by atoms with Crippen LogP contribution >= 0.6 is 0 Å². The Kier molecular flexibility index (Phi) is 8.58. The molecule has 0 radical (unpaired) electrons. The van der Waals surface area contributed by atoms with E-state index in [2.05, 4.69) is 49.1 Å². The maximum absolute atomic E-state index is 5.68. The molecule has 1 heterocycles. The molecule has 1 aromatic rings. The topological polar surface area (TPSA) is 31.7 Å². The fourth-order valence-electron chi connectivity index (χ4n) is 2.19. The van der Waals surface area contributed by atoms with Gasteiger partial charge in [0, 0.05) is 25.2 Å². The van der Waals surface area contributed by atoms with Gasteiger partial charge in [0.25, 0.3) is 0 Å². The average molecular weight is 281 g/mol. The number of hydrogen-bond donors (Lipinski definition) is 1. The Balaban J connectivity index is 2.52. The summed E-state index contributed by atoms with van der Waals surface area (Å²) in [7, 11) is 4.24. The summed E-state index contributed by atoms with van der Waals surface area (Å²) in [6, 6.07) is 2.09. The van der Waals surface area contributed by atoms with Gasteiger partial charge in [0.2, 0.25) is 0 Å². The van der Waals surface area contributed by atoms with Crippen LogP contribution in [0, 0.1) is 0 Å². The van der Waals surface area contributed by atoms with E-state index >= 15 is 0 Å². The van der Waals surface area contributed by atoms with Crippen LogP contribution in [0.15, 0.2) is 16.7 Å². The van der Waals surface area contributed by atoms with E-state index in [1.807, 2.05) is 6.26 Å². The summed E-state index contributed by atoms with van der Waals surface area (Å²) in [6.07, 6.45) is 4.16. The van der Waals surface area contributed by atoms with Crippen LogP contribution in [0.5, 0.6) is 0 Å². The summed E-state index contributed by atoms with van der Waals surface area (Å²) in [6.45, 7) is 10.6. The van der Waals surface area contributed by atoms with Gasteiger partial charge in [0.1, 0.15) is 5.76 Å². The Morgan fingerprint density at radius 3 is 2.55 bits per heavy atom. The molecule has 1 rings (SSSR count). The highest BCUT2D eigenvalue weighted by Gasteiger charge is 2.11. The molecule has 1 N–H and O–H groups in total. The molecule has 0 aliphatic rings. The van der Waals surface area contributed by atoms with Gasteiger partial charge in [-0.1, -0.05) is 13.8 Å². The van der Waals surface area contributed by atoms with Gasteiger partial charge in [-0.3, -0.25) is 4.90 Å². The number of likely N-dealkylation sites (N-methyl/N-ethyl adjacent to an activating group) is 1. The van der Waals surface area contributed by atoms with Crippen molar-refractivity contribution in [2.75, 3.05) is 40.3 Å². The molecule has 0 spiro atoms. The highest BCUT2D eigenvalue weighted by Crippen LogP contribution is 2.13. The molecule has 4 nitrogen and oxygen atoms in total. The molecule has 0 atom stereocenters. The van der Waals surface area contributed by atoms with Gasteiger partial charge in [0.15, 0.2) is 0 Å². The summed E-state index contributed by atoms with van der Waals surface area (Å²) in [5.41, 5.74) is 1.30. The van der Waals surface area contributed by atoms with E-state index < -0.39 is 0 Å². The molecule has 20 heavy (non-hydrogen) atoms. The number of nitrogens with one attached hydrogen (secondary N) is 1. The first kappa shape index (κ1) is 17.2. The van der Waals surface area contributed by atoms with Crippen LogP contribution in [0.2, 0.25) is 0 Å². The maximum atomic E-state index is 5.68. The fourth-order valence-corrected chi connectivity index (χ4v) is 2.19. The van der Waals surface area contributed by atoms with Crippen molar-refractivity contribution in [1.82, 2.24) is 15.1 Å². The van der Waals surface area contributed by atoms with Crippen molar-refractivity contribution in [2.45, 2.75) is 39.8 Å². The van der Waals surface area contributed by atoms with Crippen molar-refractivity contribution in [2.24, 2.45) is 0 Å². The monoisotopic (exact) mass is 281 g/mol. The van der Waals surface area contributed by atoms with Crippen LogP contribution in [0.4, 0.5) is 0 Å². The molecule has 0 unspecified atom stereocenters. The number of hydrogen-bond acceptors (Lipinski definition) is 4. The molecule has 116 valence electrons. The maximum Gasteiger partial charge on any atom is 0.122 e. The van der Waals surface area contributed by atoms with Crippen molar-refractivity contribution in [3.63, 3.8) is 0 Å². The molecule has 0 fully saturated rings. The van der Waals surface area contributed by atoms with Crippen molar-refractivity contribution in [1.29, 1.82) is 0 Å². The van der Waals surface area contributed by atoms with E-state index in [1.165, 1.54) is 12.0 Å². The van der Waals surface area contributed by atoms with Crippen LogP contribution in [0.1, 0.15) is 38.0 Å². The van der Waals surface area contributed by atoms with Gasteiger partial charge in [-0.2, -0.15) is 0 Å². The minimum Gasteiger partial charge on any atom is -0.468 e. The standard InChI is InChI=1S/C16H31N3O/c1-5-8-17-13-15-7-12-20-16(15)14-19(9-6-2)11-10-18(3)4/h7,12,17H,5-6,8-11,13-14H2,1-4H3. The predicted octanol–water partition coefficient (Wildman–Crippen LogP) is 2.55. The summed E-state index contributed by atoms with van der Waals surface area (Å²) in [5.74, 6) is 1.11. The van der Waals surface area contributed by atoms with Gasteiger partial charge in [-0.25, -0.2) is 0 Å². The molecule has 0 aliphatic heterocycles. The lowest BCUT2D eigenvalue weighted by Gasteiger charge is -2.23. The zero-order valence-corrected chi connectivity index (χ0v) is 13.6. The molecule has 0 saturated carbocycles. The minimum absolute atomic E-state index is 0.910. The second kappa shape index (κ2) is 9.97. The summed E-state index contributed by atoms with van der Waals surface area (Å²) in [5, 5.41) is 3.45. The lowest BCUT2D eigenvalue weighted by Crippen LogP contribution is -2.32. The van der Waals surface area contributed by atoms with Crippen LogP contribution in [0.3, 0.4) is 0 Å². The lowest BCUT2D eigenvalue weighted by atomic mass is 10.2. The fraction of sp³-hybridized carbons (Fsp3) is 0.750. The largest absolute Gasteiger partial charge is 0.468 e. The van der Waals surface area contributed by atoms with Gasteiger partial charge >= 0.3 is 0 Å². The predicted molar refractivity (Wildman–Crippen MR) is 84.8 cm³/mol. The highest BCUT2D eigenvalue weighted by atomic mass is 16.3. The van der Waals surface area contributed by atoms with E-state index in [9.17, 15) is 0 Å². The Hall–Kier alpha value is -0.840. The number of nitrogens with zero attached hydrogens (tertiary/aromatic N) is 2. The smallest absolute Gasteiger partial charge is 0.122 e. The molecular formula is C16H31N3O. The van der Waals surface area contributed by atoms with Gasteiger partial charge in [-0.15, -0.1) is 0 Å². The van der Waals surface area contributed by atoms with Crippen molar-refractivity contribution >= 4 is 0 Å². The first-order chi connectivity index (χ1) is 9.67. The molecule has 4 heteroatoms. The van der Waals surface area contributed by atoms with Crippen molar-refractivity contribution in [3.8, 4) is 0 Å². The molecule has 0 aromatic carbocycles. The first-order valence-corrected chi connectivity index (χ1v) is 7.80. The van der Waals surface area contributed by atoms with Gasteiger partial charge < -0.3 is 14.6 Å². The van der Waals surface area contributed by atoms with Crippen LogP contribution in [-0.2, 0) is 13.1 Å². The quantitative estimate of drug-likeness (QED) is 0.632. The molecule has 0 bridgehead atoms. The third-order valence-electron chi connectivity index (χ3n) is 3.35. The van der Waals surface area contributed by atoms with E-state index in [1.54, 1.807) is 0 Å². The second-order valence-electron chi connectivity index (χ2n) is 5.63. The first-order valence-electron chi connectivity index (χ1n) is 7.80. The summed E-state index contributed by atoms with van der Waals surface area (Å²) >= 11 is 0. The van der Waals surface area contributed by atoms with Gasteiger partial charge in [0.05, 0.1) is 12.8 Å². The van der Waals surface area contributed by atoms with E-state index in [4.69, 9.17) is 4.42 Å². The Bertz CT molecular complexity index is 349. The normalized spacial score (nSPS) is 11.7. The summed E-state index contributed by atoms with van der Waals surface area (Å²) < 4.78 is 5.68. The van der Waals surface area contributed by atoms with Gasteiger partial charge in [-0.05, 0) is 46.1 Å². The highest BCUT2D eigenvalue weighted by molar-refractivity contribution is 5.16. The van der Waals surface area contributed by atoms with Crippen LogP contribution < -0.4 is 5.32 Å². The molecule has 0 amide bonds. The lowest BCUT2D eigenvalue weighted by molar-refractivity contribution is 0.217. The van der Waals surface area contributed by atoms with E-state index in [0.29, 0.717) is 0 Å². The van der Waals surface area contributed by atoms with Crippen molar-refractivity contribution in [3.05, 3.63) is 23.7 Å². The Labute approximate surface area is 124 Å². The number of furan rings is 1. The Morgan fingerprint density at radius 1 is 1.10 bits per heavy atom. The zero-order chi connectivity index (χ0) is 14.8. The minimum atomic E-state index is 0.910. The van der Waals surface area contributed by atoms with Crippen LogP contribution in [-0.4, -0.2) is 50.1 Å². The SMILES string of the molecule is CCCNCc1ccoc1CN(CCC)CCN(C)C. The van der Waals surface area contributed by atoms with E-state index in [0.717, 1.165) is 51.4 Å². The molecular weight excluding hydrogens is 250 g/mol. The molecule has 1 aromatic heterocycles. The average Bonchev–Trinajstić information content (AvgIpc) is 2.84. The number of rotatable bonds is 11. The van der Waals surface area contributed by atoms with E-state index in [-0.39, 0.29) is 0 Å². The molecule has 0 saturated heterocycles. The Morgan fingerprint density at radius 2 is 1.90 bits per heavy atom. The zero-order valence-electron chi connectivity index (χ0n) is 13.6. The molecule has 0 aliphatic carbocycles. The third-order valence-corrected chi connectivity index (χ3v) is 3.35. The third kappa shape index (κ3) is 6.55. The van der Waals surface area contributed by atoms with Crippen LogP contribution in [0.25, 0.3) is 0 Å². The summed E-state index contributed by atoms with van der Waals surface area (Å²) in [4.78, 5) is 4.71.